The van der Waals surface area contributed by atoms with Crippen LogP contribution in [0.4, 0.5) is 0 Å². The molecule has 6 heteroatoms. The maximum Gasteiger partial charge on any atom is 0.293 e. The van der Waals surface area contributed by atoms with Crippen LogP contribution in [0.15, 0.2) is 48.0 Å². The van der Waals surface area contributed by atoms with E-state index in [1.165, 1.54) is 36.9 Å². The lowest BCUT2D eigenvalue weighted by atomic mass is 10.2. The molecule has 6 nitrogen and oxygen atoms in total. The van der Waals surface area contributed by atoms with E-state index in [1.807, 2.05) is 6.07 Å². The number of carbonyl (C=O) groups is 1. The summed E-state index contributed by atoms with van der Waals surface area (Å²) in [4.78, 5) is 19.7. The minimum atomic E-state index is -0.344. The standard InChI is InChI=1S/C14H11N5O/c1-19(14(20)13-10-16-6-7-17-13)18-9-12-4-2-11(8-15)3-5-12/h2-7,9-10H,1H3/b18-9+. The topological polar surface area (TPSA) is 82.2 Å². The van der Waals surface area contributed by atoms with Crippen molar-refractivity contribution in [2.75, 3.05) is 7.05 Å². The molecule has 0 saturated carbocycles. The number of hydrogen-bond acceptors (Lipinski definition) is 5. The van der Waals surface area contributed by atoms with Crippen LogP contribution in [0.1, 0.15) is 21.6 Å². The van der Waals surface area contributed by atoms with Gasteiger partial charge in [0.05, 0.1) is 24.0 Å². The fourth-order valence-electron chi connectivity index (χ4n) is 1.42. The van der Waals surface area contributed by atoms with Crippen molar-refractivity contribution in [1.29, 1.82) is 5.26 Å². The van der Waals surface area contributed by atoms with Crippen LogP contribution in [0, 0.1) is 11.3 Å². The molecule has 0 saturated heterocycles. The van der Waals surface area contributed by atoms with Gasteiger partial charge in [-0.25, -0.2) is 9.99 Å². The first-order chi connectivity index (χ1) is 9.70. The Morgan fingerprint density at radius 2 is 2.10 bits per heavy atom. The molecule has 0 atom stereocenters. The van der Waals surface area contributed by atoms with Crippen LogP contribution in [0.3, 0.4) is 0 Å². The number of nitrogens with zero attached hydrogens (tertiary/aromatic N) is 5. The molecule has 0 aliphatic heterocycles. The molecule has 1 heterocycles. The summed E-state index contributed by atoms with van der Waals surface area (Å²) >= 11 is 0. The molecule has 1 aromatic carbocycles. The molecule has 0 fully saturated rings. The molecule has 0 unspecified atom stereocenters. The highest BCUT2D eigenvalue weighted by Gasteiger charge is 2.11. The van der Waals surface area contributed by atoms with E-state index < -0.39 is 0 Å². The highest BCUT2D eigenvalue weighted by atomic mass is 16.2. The van der Waals surface area contributed by atoms with Crippen molar-refractivity contribution in [3.63, 3.8) is 0 Å². The average molecular weight is 265 g/mol. The zero-order valence-corrected chi connectivity index (χ0v) is 10.8. The molecule has 2 rings (SSSR count). The van der Waals surface area contributed by atoms with Crippen molar-refractivity contribution in [2.45, 2.75) is 0 Å². The average Bonchev–Trinajstić information content (AvgIpc) is 2.53. The van der Waals surface area contributed by atoms with E-state index in [9.17, 15) is 4.79 Å². The van der Waals surface area contributed by atoms with Gasteiger partial charge in [-0.15, -0.1) is 0 Å². The quantitative estimate of drug-likeness (QED) is 0.621. The summed E-state index contributed by atoms with van der Waals surface area (Å²) < 4.78 is 0. The molecule has 0 aliphatic carbocycles. The Morgan fingerprint density at radius 3 is 2.70 bits per heavy atom. The van der Waals surface area contributed by atoms with Crippen molar-refractivity contribution in [3.8, 4) is 6.07 Å². The maximum atomic E-state index is 11.9. The molecule has 0 spiro atoms. The Labute approximate surface area is 116 Å². The third kappa shape index (κ3) is 3.23. The van der Waals surface area contributed by atoms with E-state index >= 15 is 0 Å². The number of benzene rings is 1. The van der Waals surface area contributed by atoms with E-state index in [-0.39, 0.29) is 11.6 Å². The second kappa shape index (κ2) is 6.20. The van der Waals surface area contributed by atoms with Gasteiger partial charge in [-0.2, -0.15) is 10.4 Å². The molecule has 0 N–H and O–H groups in total. The predicted octanol–water partition coefficient (Wildman–Crippen LogP) is 1.45. The number of hydrogen-bond donors (Lipinski definition) is 0. The Bertz CT molecular complexity index is 658. The van der Waals surface area contributed by atoms with E-state index in [0.717, 1.165) is 5.56 Å². The molecule has 2 aromatic rings. The Morgan fingerprint density at radius 1 is 1.35 bits per heavy atom. The van der Waals surface area contributed by atoms with Gasteiger partial charge in [0, 0.05) is 19.4 Å². The number of hydrazone groups is 1. The minimum absolute atomic E-state index is 0.229. The second-order valence-electron chi connectivity index (χ2n) is 3.90. The lowest BCUT2D eigenvalue weighted by Crippen LogP contribution is -2.22. The van der Waals surface area contributed by atoms with E-state index in [2.05, 4.69) is 15.1 Å². The van der Waals surface area contributed by atoms with Gasteiger partial charge in [-0.05, 0) is 17.7 Å². The lowest BCUT2D eigenvalue weighted by Gasteiger charge is -2.09. The van der Waals surface area contributed by atoms with Gasteiger partial charge < -0.3 is 0 Å². The first-order valence-corrected chi connectivity index (χ1v) is 5.79. The van der Waals surface area contributed by atoms with E-state index in [4.69, 9.17) is 5.26 Å². The number of aromatic nitrogens is 2. The van der Waals surface area contributed by atoms with Gasteiger partial charge in [0.25, 0.3) is 5.91 Å². The van der Waals surface area contributed by atoms with Crippen LogP contribution in [0.5, 0.6) is 0 Å². The molecule has 0 aliphatic rings. The smallest absolute Gasteiger partial charge is 0.265 e. The van der Waals surface area contributed by atoms with Gasteiger partial charge in [0.2, 0.25) is 0 Å². The minimum Gasteiger partial charge on any atom is -0.265 e. The number of nitriles is 1. The van der Waals surface area contributed by atoms with Crippen molar-refractivity contribution >= 4 is 12.1 Å². The van der Waals surface area contributed by atoms with E-state index in [1.54, 1.807) is 24.3 Å². The number of amides is 1. The highest BCUT2D eigenvalue weighted by Crippen LogP contribution is 2.02. The summed E-state index contributed by atoms with van der Waals surface area (Å²) in [5.74, 6) is -0.344. The Kier molecular flexibility index (Phi) is 4.14. The van der Waals surface area contributed by atoms with Crippen LogP contribution < -0.4 is 0 Å². The first-order valence-electron chi connectivity index (χ1n) is 5.79. The van der Waals surface area contributed by atoms with Gasteiger partial charge in [-0.3, -0.25) is 9.78 Å². The zero-order valence-electron chi connectivity index (χ0n) is 10.8. The third-order valence-electron chi connectivity index (χ3n) is 2.50. The number of rotatable bonds is 3. The second-order valence-corrected chi connectivity index (χ2v) is 3.90. The first kappa shape index (κ1) is 13.4. The molecular weight excluding hydrogens is 254 g/mol. The normalized spacial score (nSPS) is 10.2. The molecule has 0 radical (unpaired) electrons. The molecular formula is C14H11N5O. The Hall–Kier alpha value is -3.07. The van der Waals surface area contributed by atoms with E-state index in [0.29, 0.717) is 5.56 Å². The summed E-state index contributed by atoms with van der Waals surface area (Å²) in [5.41, 5.74) is 1.60. The maximum absolute atomic E-state index is 11.9. The van der Waals surface area contributed by atoms with Crippen molar-refractivity contribution in [1.82, 2.24) is 15.0 Å². The monoisotopic (exact) mass is 265 g/mol. The molecule has 1 aromatic heterocycles. The fourth-order valence-corrected chi connectivity index (χ4v) is 1.42. The zero-order chi connectivity index (χ0) is 14.4. The molecule has 98 valence electrons. The van der Waals surface area contributed by atoms with Crippen LogP contribution in [-0.4, -0.2) is 34.1 Å². The molecule has 0 bridgehead atoms. The van der Waals surface area contributed by atoms with Crippen molar-refractivity contribution < 1.29 is 4.79 Å². The van der Waals surface area contributed by atoms with Gasteiger partial charge in [-0.1, -0.05) is 12.1 Å². The lowest BCUT2D eigenvalue weighted by molar-refractivity contribution is 0.0794. The Balaban J connectivity index is 2.07. The van der Waals surface area contributed by atoms with Crippen LogP contribution >= 0.6 is 0 Å². The van der Waals surface area contributed by atoms with Crippen molar-refractivity contribution in [3.05, 3.63) is 59.7 Å². The van der Waals surface area contributed by atoms with Crippen molar-refractivity contribution in [2.24, 2.45) is 5.10 Å². The fraction of sp³-hybridized carbons (Fsp3) is 0.0714. The SMILES string of the molecule is CN(/N=C/c1ccc(C#N)cc1)C(=O)c1cnccn1. The predicted molar refractivity (Wildman–Crippen MR) is 72.9 cm³/mol. The summed E-state index contributed by atoms with van der Waals surface area (Å²) in [7, 11) is 1.54. The molecule has 20 heavy (non-hydrogen) atoms. The van der Waals surface area contributed by atoms with Crippen LogP contribution in [0.2, 0.25) is 0 Å². The van der Waals surface area contributed by atoms with Gasteiger partial charge >= 0.3 is 0 Å². The molecule has 1 amide bonds. The van der Waals surface area contributed by atoms with Gasteiger partial charge in [0.15, 0.2) is 0 Å². The largest absolute Gasteiger partial charge is 0.293 e. The summed E-state index contributed by atoms with van der Waals surface area (Å²) in [6.07, 6.45) is 5.87. The van der Waals surface area contributed by atoms with Crippen LogP contribution in [0.25, 0.3) is 0 Å². The van der Waals surface area contributed by atoms with Gasteiger partial charge in [0.1, 0.15) is 5.69 Å². The third-order valence-corrected chi connectivity index (χ3v) is 2.50. The number of carbonyl (C=O) groups excluding carboxylic acids is 1. The summed E-state index contributed by atoms with van der Waals surface area (Å²) in [5, 5.41) is 13.9. The summed E-state index contributed by atoms with van der Waals surface area (Å²) in [6.45, 7) is 0. The summed E-state index contributed by atoms with van der Waals surface area (Å²) in [6, 6.07) is 8.91. The highest BCUT2D eigenvalue weighted by molar-refractivity contribution is 5.92. The van der Waals surface area contributed by atoms with Crippen LogP contribution in [-0.2, 0) is 0 Å².